The maximum absolute atomic E-state index is 12.2. The van der Waals surface area contributed by atoms with Crippen molar-refractivity contribution in [2.45, 2.75) is 127 Å². The van der Waals surface area contributed by atoms with E-state index in [9.17, 15) is 9.59 Å². The summed E-state index contributed by atoms with van der Waals surface area (Å²) in [5, 5.41) is 0. The molecule has 0 amide bonds. The van der Waals surface area contributed by atoms with Crippen LogP contribution < -0.4 is 0 Å². The lowest BCUT2D eigenvalue weighted by Gasteiger charge is -2.17. The van der Waals surface area contributed by atoms with Gasteiger partial charge in [-0.3, -0.25) is 9.59 Å². The van der Waals surface area contributed by atoms with Gasteiger partial charge in [-0.15, -0.1) is 13.2 Å². The molecular formula is C28H46O6. The van der Waals surface area contributed by atoms with Crippen LogP contribution in [0.25, 0.3) is 0 Å². The maximum atomic E-state index is 12.2. The molecule has 2 saturated heterocycles. The number of fused-ring (bicyclic) bond motifs is 1. The maximum Gasteiger partial charge on any atom is 0.306 e. The minimum atomic E-state index is -0.416. The quantitative estimate of drug-likeness (QED) is 0.117. The van der Waals surface area contributed by atoms with Gasteiger partial charge in [0, 0.05) is 12.8 Å². The highest BCUT2D eigenvalue weighted by atomic mass is 16.7. The van der Waals surface area contributed by atoms with Crippen molar-refractivity contribution in [2.75, 3.05) is 13.2 Å². The SMILES string of the molecule is C=CCCCCCCCCC(=O)OC1COC2C(OC(=O)CCCCCCCCC=C)COC12. The molecule has 4 unspecified atom stereocenters. The monoisotopic (exact) mass is 478 g/mol. The molecular weight excluding hydrogens is 432 g/mol. The number of esters is 2. The van der Waals surface area contributed by atoms with Crippen molar-refractivity contribution in [1.29, 1.82) is 0 Å². The van der Waals surface area contributed by atoms with Crippen molar-refractivity contribution in [3.05, 3.63) is 25.3 Å². The fraction of sp³-hybridized carbons (Fsp3) is 0.786. The second kappa shape index (κ2) is 17.7. The number of carbonyl (C=O) groups excluding carboxylic acids is 2. The lowest BCUT2D eigenvalue weighted by atomic mass is 10.1. The summed E-state index contributed by atoms with van der Waals surface area (Å²) in [6.45, 7) is 8.07. The Morgan fingerprint density at radius 1 is 0.618 bits per heavy atom. The van der Waals surface area contributed by atoms with Crippen molar-refractivity contribution >= 4 is 11.9 Å². The molecule has 2 aliphatic rings. The number of allylic oxidation sites excluding steroid dienone is 2. The largest absolute Gasteiger partial charge is 0.457 e. The average Bonchev–Trinajstić information content (AvgIpc) is 3.40. The minimum absolute atomic E-state index is 0.200. The fourth-order valence-corrected chi connectivity index (χ4v) is 4.62. The second-order valence-corrected chi connectivity index (χ2v) is 9.55. The van der Waals surface area contributed by atoms with Crippen LogP contribution in [0, 0.1) is 0 Å². The molecule has 2 rings (SSSR count). The Kier molecular flexibility index (Phi) is 14.9. The summed E-state index contributed by atoms with van der Waals surface area (Å²) in [4.78, 5) is 24.5. The molecule has 0 radical (unpaired) electrons. The van der Waals surface area contributed by atoms with Crippen molar-refractivity contribution in [1.82, 2.24) is 0 Å². The highest BCUT2D eigenvalue weighted by Gasteiger charge is 2.51. The Morgan fingerprint density at radius 3 is 1.35 bits per heavy atom. The Bertz CT molecular complexity index is 552. The van der Waals surface area contributed by atoms with Crippen LogP contribution in [0.4, 0.5) is 0 Å². The zero-order chi connectivity index (χ0) is 24.4. The molecule has 34 heavy (non-hydrogen) atoms. The topological polar surface area (TPSA) is 71.1 Å². The third kappa shape index (κ3) is 11.2. The van der Waals surface area contributed by atoms with Gasteiger partial charge in [0.25, 0.3) is 0 Å². The third-order valence-electron chi connectivity index (χ3n) is 6.61. The van der Waals surface area contributed by atoms with Gasteiger partial charge in [-0.2, -0.15) is 0 Å². The summed E-state index contributed by atoms with van der Waals surface area (Å²) in [5.74, 6) is -0.399. The molecule has 0 N–H and O–H groups in total. The minimum Gasteiger partial charge on any atom is -0.457 e. The zero-order valence-corrected chi connectivity index (χ0v) is 21.1. The lowest BCUT2D eigenvalue weighted by molar-refractivity contribution is -0.155. The molecule has 4 atom stereocenters. The first kappa shape index (κ1) is 28.6. The predicted molar refractivity (Wildman–Crippen MR) is 134 cm³/mol. The van der Waals surface area contributed by atoms with Crippen LogP contribution in [0.3, 0.4) is 0 Å². The van der Waals surface area contributed by atoms with Gasteiger partial charge in [0.2, 0.25) is 0 Å². The standard InChI is InChI=1S/C28H46O6/c1-3-5-7-9-11-13-15-17-19-25(29)33-23-21-31-28-24(22-32-27(23)28)34-26(30)20-18-16-14-12-10-8-6-4-2/h3-4,23-24,27-28H,1-2,5-22H2. The van der Waals surface area contributed by atoms with Gasteiger partial charge in [0.05, 0.1) is 13.2 Å². The summed E-state index contributed by atoms with van der Waals surface area (Å²) in [5.41, 5.74) is 0. The smallest absolute Gasteiger partial charge is 0.306 e. The molecule has 6 heteroatoms. The van der Waals surface area contributed by atoms with E-state index in [0.717, 1.165) is 51.4 Å². The lowest BCUT2D eigenvalue weighted by Crippen LogP contribution is -2.35. The van der Waals surface area contributed by atoms with Crippen molar-refractivity contribution < 1.29 is 28.5 Å². The molecule has 194 valence electrons. The summed E-state index contributed by atoms with van der Waals surface area (Å²) in [7, 11) is 0. The van der Waals surface area contributed by atoms with Crippen LogP contribution >= 0.6 is 0 Å². The molecule has 0 bridgehead atoms. The van der Waals surface area contributed by atoms with Crippen LogP contribution in [0.5, 0.6) is 0 Å². The van der Waals surface area contributed by atoms with E-state index < -0.39 is 12.2 Å². The summed E-state index contributed by atoms with van der Waals surface area (Å²) < 4.78 is 22.8. The van der Waals surface area contributed by atoms with Gasteiger partial charge < -0.3 is 18.9 Å². The molecule has 0 aromatic heterocycles. The normalized spacial score (nSPS) is 23.4. The number of unbranched alkanes of at least 4 members (excludes halogenated alkanes) is 12. The molecule has 2 aliphatic heterocycles. The highest BCUT2D eigenvalue weighted by molar-refractivity contribution is 5.70. The van der Waals surface area contributed by atoms with Crippen LogP contribution in [-0.4, -0.2) is 49.6 Å². The van der Waals surface area contributed by atoms with Crippen LogP contribution in [-0.2, 0) is 28.5 Å². The molecule has 0 aromatic rings. The number of ether oxygens (including phenoxy) is 4. The summed E-state index contributed by atoms with van der Waals surface area (Å²) in [6, 6.07) is 0. The highest BCUT2D eigenvalue weighted by Crippen LogP contribution is 2.31. The van der Waals surface area contributed by atoms with Gasteiger partial charge in [0.1, 0.15) is 12.2 Å². The van der Waals surface area contributed by atoms with Gasteiger partial charge in [0.15, 0.2) is 12.2 Å². The van der Waals surface area contributed by atoms with Crippen LogP contribution in [0.1, 0.15) is 103 Å². The third-order valence-corrected chi connectivity index (χ3v) is 6.61. The van der Waals surface area contributed by atoms with E-state index in [1.165, 1.54) is 38.5 Å². The van der Waals surface area contributed by atoms with Gasteiger partial charge >= 0.3 is 11.9 Å². The Hall–Kier alpha value is -1.66. The van der Waals surface area contributed by atoms with E-state index in [2.05, 4.69) is 13.2 Å². The number of rotatable bonds is 20. The number of hydrogen-bond donors (Lipinski definition) is 0. The average molecular weight is 479 g/mol. The van der Waals surface area contributed by atoms with E-state index in [1.807, 2.05) is 12.2 Å². The van der Waals surface area contributed by atoms with Crippen molar-refractivity contribution in [3.8, 4) is 0 Å². The molecule has 0 spiro atoms. The Balaban J connectivity index is 1.53. The van der Waals surface area contributed by atoms with Crippen LogP contribution in [0.2, 0.25) is 0 Å². The molecule has 6 nitrogen and oxygen atoms in total. The first-order chi connectivity index (χ1) is 16.7. The number of hydrogen-bond acceptors (Lipinski definition) is 6. The number of carbonyl (C=O) groups is 2. The van der Waals surface area contributed by atoms with E-state index in [-0.39, 0.29) is 24.1 Å². The van der Waals surface area contributed by atoms with Gasteiger partial charge in [-0.25, -0.2) is 0 Å². The van der Waals surface area contributed by atoms with Crippen molar-refractivity contribution in [2.24, 2.45) is 0 Å². The molecule has 0 aromatic carbocycles. The first-order valence-electron chi connectivity index (χ1n) is 13.5. The zero-order valence-electron chi connectivity index (χ0n) is 21.1. The second-order valence-electron chi connectivity index (χ2n) is 9.55. The van der Waals surface area contributed by atoms with Crippen LogP contribution in [0.15, 0.2) is 25.3 Å². The summed E-state index contributed by atoms with van der Waals surface area (Å²) in [6.07, 6.45) is 18.7. The fourth-order valence-electron chi connectivity index (χ4n) is 4.62. The van der Waals surface area contributed by atoms with E-state index in [0.29, 0.717) is 26.1 Å². The molecule has 2 heterocycles. The van der Waals surface area contributed by atoms with E-state index >= 15 is 0 Å². The summed E-state index contributed by atoms with van der Waals surface area (Å²) >= 11 is 0. The van der Waals surface area contributed by atoms with Gasteiger partial charge in [-0.05, 0) is 38.5 Å². The van der Waals surface area contributed by atoms with Crippen molar-refractivity contribution in [3.63, 3.8) is 0 Å². The Labute approximate surface area is 206 Å². The first-order valence-corrected chi connectivity index (χ1v) is 13.5. The van der Waals surface area contributed by atoms with E-state index in [1.54, 1.807) is 0 Å². The van der Waals surface area contributed by atoms with E-state index in [4.69, 9.17) is 18.9 Å². The van der Waals surface area contributed by atoms with Gasteiger partial charge in [-0.1, -0.05) is 63.5 Å². The molecule has 2 fully saturated rings. The molecule has 0 aliphatic carbocycles. The molecule has 0 saturated carbocycles. The predicted octanol–water partition coefficient (Wildman–Crippen LogP) is 6.22. The Morgan fingerprint density at radius 2 is 0.971 bits per heavy atom.